The highest BCUT2D eigenvalue weighted by molar-refractivity contribution is 5.86. The van der Waals surface area contributed by atoms with Crippen LogP contribution in [0.25, 0.3) is 0 Å². The molecule has 0 radical (unpaired) electrons. The molecule has 2 heterocycles. The molecule has 124 valence electrons. The Morgan fingerprint density at radius 1 is 1.57 bits per heavy atom. The van der Waals surface area contributed by atoms with Crippen LogP contribution >= 0.6 is 0 Å². The number of nitrogens with zero attached hydrogens (tertiary/aromatic N) is 2. The van der Waals surface area contributed by atoms with Crippen LogP contribution in [0.1, 0.15) is 45.1 Å². The number of amides is 2. The highest BCUT2D eigenvalue weighted by atomic mass is 16.4. The van der Waals surface area contributed by atoms with E-state index in [0.717, 1.165) is 12.8 Å². The Morgan fingerprint density at radius 3 is 2.78 bits per heavy atom. The molecule has 0 saturated carbocycles. The van der Waals surface area contributed by atoms with E-state index < -0.39 is 17.7 Å². The predicted molar refractivity (Wildman–Crippen MR) is 84.6 cm³/mol. The lowest BCUT2D eigenvalue weighted by Crippen LogP contribution is -2.54. The molecule has 2 atom stereocenters. The Morgan fingerprint density at radius 2 is 2.26 bits per heavy atom. The quantitative estimate of drug-likeness (QED) is 0.733. The Hall–Kier alpha value is -2.49. The van der Waals surface area contributed by atoms with Crippen LogP contribution < -0.4 is 5.32 Å². The number of rotatable bonds is 4. The standard InChI is InChI=1S/C16H22N4O3/c1-5-11-9-17-14(18-11)16(4)7-6-8-20(16)13(21)12(10(2)3)19-15(22)23/h1,9-10,12,19H,6-8H2,2-4H3,(H,17,18)(H,22,23). The van der Waals surface area contributed by atoms with Crippen molar-refractivity contribution in [1.82, 2.24) is 20.2 Å². The van der Waals surface area contributed by atoms with E-state index in [-0.39, 0.29) is 11.8 Å². The zero-order valence-electron chi connectivity index (χ0n) is 13.6. The summed E-state index contributed by atoms with van der Waals surface area (Å²) in [6.45, 7) is 6.12. The lowest BCUT2D eigenvalue weighted by atomic mass is 9.95. The number of aromatic nitrogens is 2. The molecule has 1 aromatic rings. The molecule has 0 aromatic carbocycles. The lowest BCUT2D eigenvalue weighted by molar-refractivity contribution is -0.138. The van der Waals surface area contributed by atoms with Crippen molar-refractivity contribution in [3.63, 3.8) is 0 Å². The van der Waals surface area contributed by atoms with E-state index >= 15 is 0 Å². The molecule has 0 bridgehead atoms. The van der Waals surface area contributed by atoms with Gasteiger partial charge in [-0.05, 0) is 25.7 Å². The first-order valence-electron chi connectivity index (χ1n) is 7.62. The fourth-order valence-electron chi connectivity index (χ4n) is 3.05. The maximum atomic E-state index is 12.9. The molecule has 2 amide bonds. The highest BCUT2D eigenvalue weighted by Crippen LogP contribution is 2.37. The molecule has 1 fully saturated rings. The fraction of sp³-hybridized carbons (Fsp3) is 0.562. The van der Waals surface area contributed by atoms with Gasteiger partial charge in [0, 0.05) is 6.54 Å². The SMILES string of the molecule is C#Cc1cnc(C2(C)CCCN2C(=O)C(NC(=O)O)C(C)C)[nH]1. The summed E-state index contributed by atoms with van der Waals surface area (Å²) >= 11 is 0. The van der Waals surface area contributed by atoms with Crippen LogP contribution in [0.15, 0.2) is 6.20 Å². The van der Waals surface area contributed by atoms with E-state index in [1.807, 2.05) is 20.8 Å². The lowest BCUT2D eigenvalue weighted by Gasteiger charge is -2.36. The number of carbonyl (C=O) groups excluding carboxylic acids is 1. The Kier molecular flexibility index (Phi) is 4.64. The normalized spacial score (nSPS) is 22.0. The third-order valence-corrected chi connectivity index (χ3v) is 4.36. The van der Waals surface area contributed by atoms with Crippen molar-refractivity contribution in [3.05, 3.63) is 17.7 Å². The summed E-state index contributed by atoms with van der Waals surface area (Å²) < 4.78 is 0. The van der Waals surface area contributed by atoms with Crippen molar-refractivity contribution in [2.24, 2.45) is 5.92 Å². The zero-order chi connectivity index (χ0) is 17.2. The van der Waals surface area contributed by atoms with Gasteiger partial charge in [0.25, 0.3) is 0 Å². The summed E-state index contributed by atoms with van der Waals surface area (Å²) in [7, 11) is 0. The monoisotopic (exact) mass is 318 g/mol. The second-order valence-corrected chi connectivity index (χ2v) is 6.33. The van der Waals surface area contributed by atoms with Gasteiger partial charge < -0.3 is 20.3 Å². The molecule has 2 unspecified atom stereocenters. The number of aromatic amines is 1. The molecule has 23 heavy (non-hydrogen) atoms. The van der Waals surface area contributed by atoms with Gasteiger partial charge in [-0.25, -0.2) is 9.78 Å². The topological polar surface area (TPSA) is 98.3 Å². The number of imidazole rings is 1. The Labute approximate surface area is 135 Å². The van der Waals surface area contributed by atoms with Crippen LogP contribution in [0.4, 0.5) is 4.79 Å². The summed E-state index contributed by atoms with van der Waals surface area (Å²) in [4.78, 5) is 33.0. The molecular formula is C16H22N4O3. The van der Waals surface area contributed by atoms with Crippen molar-refractivity contribution in [1.29, 1.82) is 0 Å². The van der Waals surface area contributed by atoms with Gasteiger partial charge in [-0.15, -0.1) is 6.42 Å². The predicted octanol–water partition coefficient (Wildman–Crippen LogP) is 1.52. The molecule has 7 heteroatoms. The molecule has 0 aliphatic carbocycles. The molecule has 3 N–H and O–H groups in total. The summed E-state index contributed by atoms with van der Waals surface area (Å²) in [5, 5.41) is 11.3. The van der Waals surface area contributed by atoms with Crippen LogP contribution in [-0.4, -0.2) is 44.6 Å². The van der Waals surface area contributed by atoms with Gasteiger partial charge in [-0.2, -0.15) is 0 Å². The van der Waals surface area contributed by atoms with Gasteiger partial charge in [0.1, 0.15) is 17.6 Å². The van der Waals surface area contributed by atoms with Gasteiger partial charge in [0.2, 0.25) is 5.91 Å². The molecule has 1 aromatic heterocycles. The van der Waals surface area contributed by atoms with Crippen LogP contribution in [-0.2, 0) is 10.3 Å². The number of likely N-dealkylation sites (tertiary alicyclic amines) is 1. The number of carboxylic acid groups (broad SMARTS) is 1. The maximum Gasteiger partial charge on any atom is 0.405 e. The van der Waals surface area contributed by atoms with Gasteiger partial charge in [0.05, 0.1) is 11.7 Å². The minimum atomic E-state index is -1.20. The van der Waals surface area contributed by atoms with Crippen LogP contribution in [0, 0.1) is 18.3 Å². The number of hydrogen-bond donors (Lipinski definition) is 3. The molecular weight excluding hydrogens is 296 g/mol. The van der Waals surface area contributed by atoms with Gasteiger partial charge >= 0.3 is 6.09 Å². The molecule has 0 spiro atoms. The smallest absolute Gasteiger partial charge is 0.405 e. The number of nitrogens with one attached hydrogen (secondary N) is 2. The molecule has 1 saturated heterocycles. The van der Waals surface area contributed by atoms with E-state index in [0.29, 0.717) is 18.1 Å². The average molecular weight is 318 g/mol. The summed E-state index contributed by atoms with van der Waals surface area (Å²) in [5.41, 5.74) is -0.0518. The number of H-pyrrole nitrogens is 1. The van der Waals surface area contributed by atoms with Crippen LogP contribution in [0.2, 0.25) is 0 Å². The first-order valence-corrected chi connectivity index (χ1v) is 7.62. The van der Waals surface area contributed by atoms with Crippen molar-refractivity contribution < 1.29 is 14.7 Å². The summed E-state index contributed by atoms with van der Waals surface area (Å²) in [6.07, 6.45) is 7.30. The third kappa shape index (κ3) is 3.16. The number of terminal acetylenes is 1. The van der Waals surface area contributed by atoms with Gasteiger partial charge in [0.15, 0.2) is 0 Å². The number of hydrogen-bond acceptors (Lipinski definition) is 3. The van der Waals surface area contributed by atoms with Crippen molar-refractivity contribution in [3.8, 4) is 12.3 Å². The van der Waals surface area contributed by atoms with Crippen LogP contribution in [0.3, 0.4) is 0 Å². The van der Waals surface area contributed by atoms with Crippen molar-refractivity contribution in [2.45, 2.75) is 45.2 Å². The Bertz CT molecular complexity index is 646. The largest absolute Gasteiger partial charge is 0.465 e. The Balaban J connectivity index is 2.31. The van der Waals surface area contributed by atoms with Crippen molar-refractivity contribution in [2.75, 3.05) is 6.54 Å². The minimum Gasteiger partial charge on any atom is -0.465 e. The van der Waals surface area contributed by atoms with E-state index in [4.69, 9.17) is 11.5 Å². The number of carbonyl (C=O) groups is 2. The van der Waals surface area contributed by atoms with Crippen LogP contribution in [0.5, 0.6) is 0 Å². The molecule has 2 rings (SSSR count). The minimum absolute atomic E-state index is 0.152. The first-order chi connectivity index (χ1) is 10.8. The average Bonchev–Trinajstić information content (AvgIpc) is 3.10. The summed E-state index contributed by atoms with van der Waals surface area (Å²) in [5.74, 6) is 2.73. The van der Waals surface area contributed by atoms with E-state index in [1.165, 1.54) is 0 Å². The van der Waals surface area contributed by atoms with E-state index in [2.05, 4.69) is 21.2 Å². The highest BCUT2D eigenvalue weighted by Gasteiger charge is 2.45. The van der Waals surface area contributed by atoms with E-state index in [1.54, 1.807) is 11.1 Å². The molecule has 1 aliphatic heterocycles. The summed E-state index contributed by atoms with van der Waals surface area (Å²) in [6, 6.07) is -0.785. The maximum absolute atomic E-state index is 12.9. The fourth-order valence-corrected chi connectivity index (χ4v) is 3.05. The van der Waals surface area contributed by atoms with Crippen molar-refractivity contribution >= 4 is 12.0 Å². The van der Waals surface area contributed by atoms with E-state index in [9.17, 15) is 9.59 Å². The molecule has 1 aliphatic rings. The third-order valence-electron chi connectivity index (χ3n) is 4.36. The zero-order valence-corrected chi connectivity index (χ0v) is 13.6. The first kappa shape index (κ1) is 16.9. The van der Waals surface area contributed by atoms with Gasteiger partial charge in [-0.1, -0.05) is 19.8 Å². The second-order valence-electron chi connectivity index (χ2n) is 6.33. The second kappa shape index (κ2) is 6.32. The van der Waals surface area contributed by atoms with Gasteiger partial charge in [-0.3, -0.25) is 4.79 Å². The molecule has 7 nitrogen and oxygen atoms in total.